The van der Waals surface area contributed by atoms with Crippen LogP contribution in [0.5, 0.6) is 5.75 Å². The molecule has 2 aliphatic rings. The van der Waals surface area contributed by atoms with Gasteiger partial charge in [0.1, 0.15) is 17.1 Å². The Kier molecular flexibility index (Phi) is 6.91. The molecule has 5 rings (SSSR count). The number of carbonyl (C=O) groups excluding carboxylic acids is 1. The van der Waals surface area contributed by atoms with Crippen molar-refractivity contribution >= 4 is 26.8 Å². The van der Waals surface area contributed by atoms with Crippen LogP contribution in [0.3, 0.4) is 0 Å². The van der Waals surface area contributed by atoms with Crippen LogP contribution in [0.2, 0.25) is 0 Å². The molecule has 2 aromatic carbocycles. The summed E-state index contributed by atoms with van der Waals surface area (Å²) < 4.78 is 58.0. The van der Waals surface area contributed by atoms with Crippen LogP contribution in [0, 0.1) is 11.7 Å². The van der Waals surface area contributed by atoms with E-state index in [0.717, 1.165) is 30.9 Å². The molecule has 0 saturated carbocycles. The zero-order valence-electron chi connectivity index (χ0n) is 19.3. The Morgan fingerprint density at radius 3 is 2.86 bits per heavy atom. The Bertz CT molecular complexity index is 1310. The Labute approximate surface area is 203 Å². The number of carbonyl (C=O) groups is 1. The summed E-state index contributed by atoms with van der Waals surface area (Å²) in [7, 11) is -4.02. The standard InChI is InChI=1S/C26H28FNO6S/c27-21-7-9-25-20(14-21)15-26(34-25)35(30,31)28-11-2-5-23(28)24(29)8-6-18-3-1-4-22(13-18)33-17-19-10-12-32-16-19/h1,3-4,7,9,13-15,19,23H,2,5-6,8,10-12,16-17H2/t19?,23-/m0/s1. The third kappa shape index (κ3) is 5.27. The van der Waals surface area contributed by atoms with E-state index in [0.29, 0.717) is 37.2 Å². The number of hydrogen-bond acceptors (Lipinski definition) is 6. The zero-order chi connectivity index (χ0) is 24.4. The van der Waals surface area contributed by atoms with Gasteiger partial charge in [-0.15, -0.1) is 0 Å². The number of benzene rings is 2. The number of hydrogen-bond donors (Lipinski definition) is 0. The molecule has 7 nitrogen and oxygen atoms in total. The van der Waals surface area contributed by atoms with Gasteiger partial charge in [0.15, 0.2) is 5.78 Å². The minimum absolute atomic E-state index is 0.123. The average molecular weight is 502 g/mol. The molecular formula is C26H28FNO6S. The molecule has 0 spiro atoms. The van der Waals surface area contributed by atoms with Gasteiger partial charge in [-0.3, -0.25) is 4.79 Å². The lowest BCUT2D eigenvalue weighted by molar-refractivity contribution is -0.122. The summed E-state index contributed by atoms with van der Waals surface area (Å²) in [5.74, 6) is 0.565. The van der Waals surface area contributed by atoms with Gasteiger partial charge in [0.2, 0.25) is 5.09 Å². The van der Waals surface area contributed by atoms with Gasteiger partial charge < -0.3 is 13.9 Å². The first kappa shape index (κ1) is 24.0. The number of fused-ring (bicyclic) bond motifs is 1. The van der Waals surface area contributed by atoms with E-state index in [4.69, 9.17) is 13.9 Å². The summed E-state index contributed by atoms with van der Waals surface area (Å²) >= 11 is 0. The molecule has 2 saturated heterocycles. The molecule has 2 aliphatic heterocycles. The van der Waals surface area contributed by atoms with Crippen molar-refractivity contribution in [2.24, 2.45) is 5.92 Å². The summed E-state index contributed by atoms with van der Waals surface area (Å²) in [4.78, 5) is 13.1. The third-order valence-corrected chi connectivity index (χ3v) is 8.43. The summed E-state index contributed by atoms with van der Waals surface area (Å²) in [5, 5.41) is 0.100. The molecular weight excluding hydrogens is 473 g/mol. The van der Waals surface area contributed by atoms with Crippen LogP contribution >= 0.6 is 0 Å². The molecule has 0 radical (unpaired) electrons. The van der Waals surface area contributed by atoms with Crippen molar-refractivity contribution in [3.05, 3.63) is 59.9 Å². The van der Waals surface area contributed by atoms with E-state index in [1.54, 1.807) is 0 Å². The first-order chi connectivity index (χ1) is 16.9. The molecule has 1 aromatic heterocycles. The number of ether oxygens (including phenoxy) is 2. The molecule has 35 heavy (non-hydrogen) atoms. The SMILES string of the molecule is O=C(CCc1cccc(OCC2CCOC2)c1)[C@@H]1CCCN1S(=O)(=O)c1cc2cc(F)ccc2o1. The molecule has 0 aliphatic carbocycles. The van der Waals surface area contributed by atoms with Crippen LogP contribution in [0.1, 0.15) is 31.2 Å². The molecule has 1 unspecified atom stereocenters. The van der Waals surface area contributed by atoms with Crippen LogP contribution in [0.25, 0.3) is 11.0 Å². The van der Waals surface area contributed by atoms with Crippen LogP contribution in [-0.4, -0.2) is 50.9 Å². The first-order valence-corrected chi connectivity index (χ1v) is 13.4. The normalized spacial score (nSPS) is 21.1. The predicted molar refractivity (Wildman–Crippen MR) is 127 cm³/mol. The summed E-state index contributed by atoms with van der Waals surface area (Å²) in [6.45, 7) is 2.35. The molecule has 0 bridgehead atoms. The third-order valence-electron chi connectivity index (χ3n) is 6.66. The summed E-state index contributed by atoms with van der Waals surface area (Å²) in [5.41, 5.74) is 1.25. The van der Waals surface area contributed by atoms with E-state index in [9.17, 15) is 17.6 Å². The second-order valence-electron chi connectivity index (χ2n) is 9.18. The van der Waals surface area contributed by atoms with E-state index in [1.807, 2.05) is 24.3 Å². The minimum atomic E-state index is -4.02. The highest BCUT2D eigenvalue weighted by Crippen LogP contribution is 2.31. The number of sulfonamides is 1. The fourth-order valence-electron chi connectivity index (χ4n) is 4.74. The van der Waals surface area contributed by atoms with Gasteiger partial charge in [0.05, 0.1) is 19.3 Å². The van der Waals surface area contributed by atoms with Gasteiger partial charge in [-0.2, -0.15) is 4.31 Å². The van der Waals surface area contributed by atoms with E-state index in [-0.39, 0.29) is 29.4 Å². The van der Waals surface area contributed by atoms with E-state index in [2.05, 4.69) is 0 Å². The van der Waals surface area contributed by atoms with Crippen LogP contribution in [0.4, 0.5) is 4.39 Å². The highest BCUT2D eigenvalue weighted by Gasteiger charge is 2.40. The largest absolute Gasteiger partial charge is 0.493 e. The second kappa shape index (κ2) is 10.1. The molecule has 3 aromatic rings. The molecule has 9 heteroatoms. The maximum atomic E-state index is 13.5. The molecule has 0 N–H and O–H groups in total. The van der Waals surface area contributed by atoms with Crippen LogP contribution < -0.4 is 4.74 Å². The van der Waals surface area contributed by atoms with Crippen molar-refractivity contribution < 1.29 is 31.5 Å². The first-order valence-electron chi connectivity index (χ1n) is 11.9. The van der Waals surface area contributed by atoms with Crippen molar-refractivity contribution in [2.75, 3.05) is 26.4 Å². The Morgan fingerprint density at radius 2 is 2.03 bits per heavy atom. The lowest BCUT2D eigenvalue weighted by Gasteiger charge is -2.21. The van der Waals surface area contributed by atoms with Gasteiger partial charge >= 0.3 is 0 Å². The average Bonchev–Trinajstić information content (AvgIpc) is 3.62. The number of ketones is 1. The summed E-state index contributed by atoms with van der Waals surface area (Å²) in [6.07, 6.45) is 2.79. The molecule has 0 amide bonds. The fraction of sp³-hybridized carbons (Fsp3) is 0.423. The number of nitrogens with zero attached hydrogens (tertiary/aromatic N) is 1. The van der Waals surface area contributed by atoms with Crippen molar-refractivity contribution in [3.63, 3.8) is 0 Å². The quantitative estimate of drug-likeness (QED) is 0.434. The van der Waals surface area contributed by atoms with Gasteiger partial charge in [0, 0.05) is 36.9 Å². The predicted octanol–water partition coefficient (Wildman–Crippen LogP) is 4.34. The van der Waals surface area contributed by atoms with Crippen molar-refractivity contribution in [2.45, 2.75) is 43.2 Å². The topological polar surface area (TPSA) is 86.0 Å². The van der Waals surface area contributed by atoms with E-state index in [1.165, 1.54) is 28.6 Å². The number of rotatable bonds is 9. The van der Waals surface area contributed by atoms with Gasteiger partial charge in [0.25, 0.3) is 10.0 Å². The van der Waals surface area contributed by atoms with E-state index < -0.39 is 21.9 Å². The molecule has 3 heterocycles. The van der Waals surface area contributed by atoms with Crippen LogP contribution in [0.15, 0.2) is 58.0 Å². The molecule has 186 valence electrons. The highest BCUT2D eigenvalue weighted by molar-refractivity contribution is 7.89. The van der Waals surface area contributed by atoms with E-state index >= 15 is 0 Å². The monoisotopic (exact) mass is 501 g/mol. The minimum Gasteiger partial charge on any atom is -0.493 e. The van der Waals surface area contributed by atoms with Gasteiger partial charge in [-0.25, -0.2) is 12.8 Å². The Hall–Kier alpha value is -2.75. The van der Waals surface area contributed by atoms with Crippen LogP contribution in [-0.2, 0) is 26.0 Å². The fourth-order valence-corrected chi connectivity index (χ4v) is 6.37. The number of aryl methyl sites for hydroxylation is 1. The number of halogens is 1. The molecule has 2 atom stereocenters. The number of Topliss-reactive ketones (excluding diaryl/α,β-unsaturated/α-hetero) is 1. The van der Waals surface area contributed by atoms with Crippen molar-refractivity contribution in [1.29, 1.82) is 0 Å². The van der Waals surface area contributed by atoms with Gasteiger partial charge in [-0.05, 0) is 61.6 Å². The maximum Gasteiger partial charge on any atom is 0.277 e. The smallest absolute Gasteiger partial charge is 0.277 e. The zero-order valence-corrected chi connectivity index (χ0v) is 20.1. The highest BCUT2D eigenvalue weighted by atomic mass is 32.2. The second-order valence-corrected chi connectivity index (χ2v) is 11.0. The van der Waals surface area contributed by atoms with Crippen molar-refractivity contribution in [1.82, 2.24) is 4.31 Å². The maximum absolute atomic E-state index is 13.5. The Morgan fingerprint density at radius 1 is 1.14 bits per heavy atom. The number of furan rings is 1. The summed E-state index contributed by atoms with van der Waals surface area (Å²) in [6, 6.07) is 12.1. The van der Waals surface area contributed by atoms with Crippen molar-refractivity contribution in [3.8, 4) is 5.75 Å². The molecule has 2 fully saturated rings. The van der Waals surface area contributed by atoms with Gasteiger partial charge in [-0.1, -0.05) is 12.1 Å². The lowest BCUT2D eigenvalue weighted by atomic mass is 10.0. The lowest BCUT2D eigenvalue weighted by Crippen LogP contribution is -2.40. The Balaban J connectivity index is 1.23.